The third kappa shape index (κ3) is 3.63. The Bertz CT molecular complexity index is 2740. The Labute approximate surface area is 286 Å². The van der Waals surface area contributed by atoms with Crippen molar-refractivity contribution in [2.75, 3.05) is 0 Å². The molecule has 1 aromatic heterocycles. The number of hydrogen-bond acceptors (Lipinski definition) is 7. The predicted octanol–water partition coefficient (Wildman–Crippen LogP) is 10.4. The summed E-state index contributed by atoms with van der Waals surface area (Å²) in [5.74, 6) is -3.44. The lowest BCUT2D eigenvalue weighted by atomic mass is 9.80. The highest BCUT2D eigenvalue weighted by molar-refractivity contribution is 6.29. The van der Waals surface area contributed by atoms with Gasteiger partial charge in [-0.1, -0.05) is 74.5 Å². The number of rotatable bonds is 2. The summed E-state index contributed by atoms with van der Waals surface area (Å²) in [6.07, 6.45) is 0. The molecule has 1 aliphatic rings. The normalized spacial score (nSPS) is 13.4. The molecular formula is C43H32O7. The van der Waals surface area contributed by atoms with Crippen LogP contribution in [0.5, 0.6) is 34.5 Å². The van der Waals surface area contributed by atoms with Crippen molar-refractivity contribution in [2.45, 2.75) is 33.1 Å². The molecule has 0 fully saturated rings. The van der Waals surface area contributed by atoms with E-state index >= 15 is 0 Å². The highest BCUT2D eigenvalue weighted by atomic mass is 16.3. The Morgan fingerprint density at radius 3 is 1.62 bits per heavy atom. The van der Waals surface area contributed by atoms with Gasteiger partial charge in [-0.2, -0.15) is 0 Å². The molecule has 0 spiro atoms. The van der Waals surface area contributed by atoms with Crippen molar-refractivity contribution in [1.29, 1.82) is 0 Å². The average molecular weight is 661 g/mol. The van der Waals surface area contributed by atoms with Crippen LogP contribution in [0.3, 0.4) is 0 Å². The highest BCUT2D eigenvalue weighted by Gasteiger charge is 2.36. The lowest BCUT2D eigenvalue weighted by Gasteiger charge is -2.24. The number of furan rings is 1. The standard InChI is InChI=1S/C43H32O7/c1-19-20(2)38(45)34-32(22-14-16-30-26(18-22)24-10-6-8-12-29(24)50-30)36-35(39(46)41(48)42(49)40(36)47)31(33(34)37(19)44)21-13-15-28-25(17-21)23-9-5-7-11-27(23)43(28,3)4/h5-18,44-49H,1-4H3. The molecule has 0 amide bonds. The molecule has 1 heterocycles. The maximum Gasteiger partial charge on any atom is 0.204 e. The van der Waals surface area contributed by atoms with Gasteiger partial charge in [0.2, 0.25) is 11.5 Å². The number of hydrogen-bond donors (Lipinski definition) is 6. The van der Waals surface area contributed by atoms with Crippen LogP contribution >= 0.6 is 0 Å². The second kappa shape index (κ2) is 9.86. The fraction of sp³-hybridized carbons (Fsp3) is 0.116. The van der Waals surface area contributed by atoms with E-state index in [1.807, 2.05) is 60.7 Å². The minimum absolute atomic E-state index is 0.000828. The van der Waals surface area contributed by atoms with E-state index in [4.69, 9.17) is 4.42 Å². The summed E-state index contributed by atoms with van der Waals surface area (Å²) in [5, 5.41) is 71.6. The van der Waals surface area contributed by atoms with Crippen molar-refractivity contribution in [3.63, 3.8) is 0 Å². The molecule has 50 heavy (non-hydrogen) atoms. The smallest absolute Gasteiger partial charge is 0.204 e. The largest absolute Gasteiger partial charge is 0.507 e. The van der Waals surface area contributed by atoms with Gasteiger partial charge in [0.25, 0.3) is 0 Å². The van der Waals surface area contributed by atoms with E-state index in [0.29, 0.717) is 33.4 Å². The summed E-state index contributed by atoms with van der Waals surface area (Å²) >= 11 is 0. The Balaban J connectivity index is 1.51. The highest BCUT2D eigenvalue weighted by Crippen LogP contribution is 2.60. The number of phenols is 6. The second-order valence-electron chi connectivity index (χ2n) is 13.8. The lowest BCUT2D eigenvalue weighted by molar-refractivity contribution is 0.351. The van der Waals surface area contributed by atoms with Crippen LogP contribution in [0.2, 0.25) is 0 Å². The molecule has 7 heteroatoms. The quantitative estimate of drug-likeness (QED) is 0.0617. The van der Waals surface area contributed by atoms with E-state index in [-0.39, 0.29) is 49.6 Å². The van der Waals surface area contributed by atoms with Gasteiger partial charge in [-0.05, 0) is 82.6 Å². The number of aromatic hydroxyl groups is 6. The second-order valence-corrected chi connectivity index (χ2v) is 13.8. The Morgan fingerprint density at radius 2 is 0.960 bits per heavy atom. The molecule has 246 valence electrons. The molecule has 0 aliphatic heterocycles. The van der Waals surface area contributed by atoms with E-state index in [2.05, 4.69) is 26.0 Å². The molecule has 7 aromatic carbocycles. The molecule has 6 N–H and O–H groups in total. The van der Waals surface area contributed by atoms with Gasteiger partial charge in [0.15, 0.2) is 11.5 Å². The van der Waals surface area contributed by atoms with Gasteiger partial charge < -0.3 is 35.1 Å². The first-order chi connectivity index (χ1) is 23.9. The Morgan fingerprint density at radius 1 is 0.460 bits per heavy atom. The summed E-state index contributed by atoms with van der Waals surface area (Å²) in [6, 6.07) is 27.0. The van der Waals surface area contributed by atoms with Crippen LogP contribution in [0.25, 0.3) is 76.9 Å². The summed E-state index contributed by atoms with van der Waals surface area (Å²) in [6.45, 7) is 7.73. The number of phenolic OH excluding ortho intramolecular Hbond substituents is 6. The minimum Gasteiger partial charge on any atom is -0.507 e. The SMILES string of the molecule is Cc1c(C)c(O)c2c(-c3ccc4oc5ccccc5c4c3)c3c(O)c(O)c(O)c(O)c3c(-c3ccc4c(c3)-c3ccccc3C4(C)C)c2c1O. The van der Waals surface area contributed by atoms with E-state index < -0.39 is 23.0 Å². The third-order valence-corrected chi connectivity index (χ3v) is 10.9. The van der Waals surface area contributed by atoms with Crippen molar-refractivity contribution in [3.05, 3.63) is 107 Å². The molecule has 1 aliphatic carbocycles. The zero-order valence-electron chi connectivity index (χ0n) is 27.7. The zero-order valence-corrected chi connectivity index (χ0v) is 27.7. The van der Waals surface area contributed by atoms with Crippen LogP contribution in [0.1, 0.15) is 36.1 Å². The lowest BCUT2D eigenvalue weighted by Crippen LogP contribution is -2.14. The first-order valence-electron chi connectivity index (χ1n) is 16.4. The molecule has 0 saturated heterocycles. The molecular weight excluding hydrogens is 628 g/mol. The third-order valence-electron chi connectivity index (χ3n) is 10.9. The zero-order chi connectivity index (χ0) is 35.0. The predicted molar refractivity (Wildman–Crippen MR) is 197 cm³/mol. The number of para-hydroxylation sites is 1. The number of fused-ring (bicyclic) bond motifs is 8. The molecule has 0 saturated carbocycles. The topological polar surface area (TPSA) is 135 Å². The Hall–Kier alpha value is -6.34. The summed E-state index contributed by atoms with van der Waals surface area (Å²) < 4.78 is 6.07. The van der Waals surface area contributed by atoms with Gasteiger partial charge in [0.1, 0.15) is 22.7 Å². The first-order valence-corrected chi connectivity index (χ1v) is 16.4. The maximum atomic E-state index is 12.1. The van der Waals surface area contributed by atoms with Crippen molar-refractivity contribution in [1.82, 2.24) is 0 Å². The summed E-state index contributed by atoms with van der Waals surface area (Å²) in [7, 11) is 0. The van der Waals surface area contributed by atoms with E-state index in [9.17, 15) is 30.6 Å². The van der Waals surface area contributed by atoms with Gasteiger partial charge in [-0.15, -0.1) is 0 Å². The van der Waals surface area contributed by atoms with Gasteiger partial charge in [-0.25, -0.2) is 0 Å². The Kier molecular flexibility index (Phi) is 5.87. The van der Waals surface area contributed by atoms with Gasteiger partial charge >= 0.3 is 0 Å². The van der Waals surface area contributed by atoms with Gasteiger partial charge in [-0.3, -0.25) is 0 Å². The van der Waals surface area contributed by atoms with E-state index in [1.54, 1.807) is 26.0 Å². The van der Waals surface area contributed by atoms with E-state index in [0.717, 1.165) is 33.0 Å². The monoisotopic (exact) mass is 660 g/mol. The average Bonchev–Trinajstić information content (AvgIpc) is 3.61. The first kappa shape index (κ1) is 29.8. The molecule has 9 rings (SSSR count). The summed E-state index contributed by atoms with van der Waals surface area (Å²) in [4.78, 5) is 0. The minimum atomic E-state index is -0.909. The maximum absolute atomic E-state index is 12.1. The van der Waals surface area contributed by atoms with Crippen LogP contribution in [0, 0.1) is 13.8 Å². The van der Waals surface area contributed by atoms with Gasteiger partial charge in [0.05, 0.1) is 0 Å². The van der Waals surface area contributed by atoms with E-state index in [1.165, 1.54) is 0 Å². The fourth-order valence-corrected chi connectivity index (χ4v) is 8.22. The molecule has 0 bridgehead atoms. The van der Waals surface area contributed by atoms with Gasteiger partial charge in [0, 0.05) is 48.9 Å². The molecule has 8 aromatic rings. The van der Waals surface area contributed by atoms with Crippen LogP contribution in [-0.4, -0.2) is 30.6 Å². The molecule has 0 unspecified atom stereocenters. The summed E-state index contributed by atoms with van der Waals surface area (Å²) in [5.41, 5.74) is 7.73. The molecule has 7 nitrogen and oxygen atoms in total. The van der Waals surface area contributed by atoms with Crippen molar-refractivity contribution in [2.24, 2.45) is 0 Å². The number of benzene rings is 7. The van der Waals surface area contributed by atoms with Crippen molar-refractivity contribution < 1.29 is 35.1 Å². The fourth-order valence-electron chi connectivity index (χ4n) is 8.22. The van der Waals surface area contributed by atoms with Crippen LogP contribution in [-0.2, 0) is 5.41 Å². The van der Waals surface area contributed by atoms with Crippen LogP contribution in [0.4, 0.5) is 0 Å². The molecule has 0 radical (unpaired) electrons. The van der Waals surface area contributed by atoms with Crippen LogP contribution in [0.15, 0.2) is 89.3 Å². The van der Waals surface area contributed by atoms with Crippen LogP contribution < -0.4 is 0 Å². The van der Waals surface area contributed by atoms with Crippen molar-refractivity contribution in [3.8, 4) is 67.9 Å². The molecule has 0 atom stereocenters. The van der Waals surface area contributed by atoms with Crippen molar-refractivity contribution >= 4 is 43.5 Å².